The zero-order chi connectivity index (χ0) is 12.5. The lowest BCUT2D eigenvalue weighted by Crippen LogP contribution is -2.21. The maximum absolute atomic E-state index is 7.32. The van der Waals surface area contributed by atoms with E-state index in [1.54, 1.807) is 18.2 Å². The summed E-state index contributed by atoms with van der Waals surface area (Å²) in [6, 6.07) is 5.14. The van der Waals surface area contributed by atoms with Gasteiger partial charge < -0.3 is 10.5 Å². The first-order chi connectivity index (χ1) is 8.01. The van der Waals surface area contributed by atoms with Crippen LogP contribution in [0.2, 0.25) is 10.0 Å². The SMILES string of the molecule is N=C(N)CC1(COc2cc(Cl)ccc2Cl)CC1. The second kappa shape index (κ2) is 4.75. The van der Waals surface area contributed by atoms with E-state index in [-0.39, 0.29) is 11.3 Å². The smallest absolute Gasteiger partial charge is 0.139 e. The molecule has 0 unspecified atom stereocenters. The Morgan fingerprint density at radius 2 is 2.12 bits per heavy atom. The third kappa shape index (κ3) is 3.27. The molecule has 0 radical (unpaired) electrons. The third-order valence-corrected chi connectivity index (χ3v) is 3.50. The predicted octanol–water partition coefficient (Wildman–Crippen LogP) is 3.48. The van der Waals surface area contributed by atoms with Gasteiger partial charge >= 0.3 is 0 Å². The number of hydrogen-bond acceptors (Lipinski definition) is 2. The van der Waals surface area contributed by atoms with Crippen molar-refractivity contribution < 1.29 is 4.74 Å². The van der Waals surface area contributed by atoms with Crippen molar-refractivity contribution in [3.63, 3.8) is 0 Å². The fraction of sp³-hybridized carbons (Fsp3) is 0.417. The average molecular weight is 273 g/mol. The zero-order valence-corrected chi connectivity index (χ0v) is 10.8. The summed E-state index contributed by atoms with van der Waals surface area (Å²) >= 11 is 11.9. The van der Waals surface area contributed by atoms with Gasteiger partial charge in [0.25, 0.3) is 0 Å². The Labute approximate surface area is 110 Å². The molecular weight excluding hydrogens is 259 g/mol. The normalized spacial score (nSPS) is 16.6. The first-order valence-corrected chi connectivity index (χ1v) is 6.17. The van der Waals surface area contributed by atoms with Crippen LogP contribution in [0.4, 0.5) is 0 Å². The summed E-state index contributed by atoms with van der Waals surface area (Å²) < 4.78 is 5.68. The van der Waals surface area contributed by atoms with E-state index < -0.39 is 0 Å². The Morgan fingerprint density at radius 3 is 2.71 bits per heavy atom. The molecule has 3 N–H and O–H groups in total. The van der Waals surface area contributed by atoms with Crippen LogP contribution in [0.3, 0.4) is 0 Å². The van der Waals surface area contributed by atoms with Crippen LogP contribution in [0.15, 0.2) is 18.2 Å². The number of hydrogen-bond donors (Lipinski definition) is 2. The molecule has 0 amide bonds. The highest BCUT2D eigenvalue weighted by molar-refractivity contribution is 6.34. The molecule has 0 spiro atoms. The van der Waals surface area contributed by atoms with Crippen molar-refractivity contribution in [1.82, 2.24) is 0 Å². The molecule has 0 aliphatic heterocycles. The molecule has 0 bridgehead atoms. The Bertz CT molecular complexity index is 444. The molecule has 0 saturated heterocycles. The summed E-state index contributed by atoms with van der Waals surface area (Å²) in [6.07, 6.45) is 2.68. The molecule has 0 atom stereocenters. The molecule has 3 nitrogen and oxygen atoms in total. The number of amidine groups is 1. The van der Waals surface area contributed by atoms with E-state index >= 15 is 0 Å². The molecule has 1 aromatic rings. The highest BCUT2D eigenvalue weighted by Gasteiger charge is 2.44. The first kappa shape index (κ1) is 12.5. The van der Waals surface area contributed by atoms with Crippen LogP contribution in [0, 0.1) is 10.8 Å². The number of ether oxygens (including phenoxy) is 1. The van der Waals surface area contributed by atoms with E-state index in [2.05, 4.69) is 0 Å². The van der Waals surface area contributed by atoms with Crippen molar-refractivity contribution in [3.05, 3.63) is 28.2 Å². The number of nitrogens with two attached hydrogens (primary N) is 1. The fourth-order valence-electron chi connectivity index (χ4n) is 1.77. The molecule has 1 aromatic carbocycles. The quantitative estimate of drug-likeness (QED) is 0.637. The van der Waals surface area contributed by atoms with Gasteiger partial charge in [-0.3, -0.25) is 5.41 Å². The molecule has 0 aromatic heterocycles. The van der Waals surface area contributed by atoms with E-state index in [9.17, 15) is 0 Å². The molecule has 0 heterocycles. The highest BCUT2D eigenvalue weighted by atomic mass is 35.5. The van der Waals surface area contributed by atoms with Crippen molar-refractivity contribution in [2.45, 2.75) is 19.3 Å². The Hall–Kier alpha value is -0.930. The van der Waals surface area contributed by atoms with E-state index in [0.717, 1.165) is 12.8 Å². The maximum Gasteiger partial charge on any atom is 0.139 e. The molecule has 17 heavy (non-hydrogen) atoms. The van der Waals surface area contributed by atoms with Crippen LogP contribution in [-0.2, 0) is 0 Å². The Morgan fingerprint density at radius 1 is 1.41 bits per heavy atom. The first-order valence-electron chi connectivity index (χ1n) is 5.42. The van der Waals surface area contributed by atoms with Crippen molar-refractivity contribution in [3.8, 4) is 5.75 Å². The number of benzene rings is 1. The van der Waals surface area contributed by atoms with Crippen molar-refractivity contribution in [2.24, 2.45) is 11.1 Å². The standard InChI is InChI=1S/C12H14Cl2N2O/c13-8-1-2-9(14)10(5-8)17-7-12(3-4-12)6-11(15)16/h1-2,5H,3-4,6-7H2,(H3,15,16). The number of nitrogens with one attached hydrogen (secondary N) is 1. The number of halogens is 2. The molecule has 1 fully saturated rings. The van der Waals surface area contributed by atoms with Gasteiger partial charge in [0, 0.05) is 22.9 Å². The molecule has 5 heteroatoms. The molecule has 92 valence electrons. The summed E-state index contributed by atoms with van der Waals surface area (Å²) in [7, 11) is 0. The minimum Gasteiger partial charge on any atom is -0.491 e. The zero-order valence-electron chi connectivity index (χ0n) is 9.30. The summed E-state index contributed by atoms with van der Waals surface area (Å²) in [4.78, 5) is 0. The van der Waals surface area contributed by atoms with Gasteiger partial charge in [-0.05, 0) is 25.0 Å². The third-order valence-electron chi connectivity index (χ3n) is 2.95. The van der Waals surface area contributed by atoms with Gasteiger partial charge in [-0.15, -0.1) is 0 Å². The van der Waals surface area contributed by atoms with Crippen molar-refractivity contribution in [1.29, 1.82) is 5.41 Å². The monoisotopic (exact) mass is 272 g/mol. The van der Waals surface area contributed by atoms with E-state index in [1.165, 1.54) is 0 Å². The van der Waals surface area contributed by atoms with E-state index in [4.69, 9.17) is 39.1 Å². The maximum atomic E-state index is 7.32. The summed E-state index contributed by atoms with van der Waals surface area (Å²) in [6.45, 7) is 0.534. The molecule has 1 aliphatic rings. The van der Waals surface area contributed by atoms with Gasteiger partial charge in [0.05, 0.1) is 17.5 Å². The van der Waals surface area contributed by atoms with Crippen LogP contribution in [0.1, 0.15) is 19.3 Å². The molecular formula is C12H14Cl2N2O. The minimum absolute atomic E-state index is 0.0392. The largest absolute Gasteiger partial charge is 0.491 e. The van der Waals surface area contributed by atoms with Crippen LogP contribution in [0.25, 0.3) is 0 Å². The summed E-state index contributed by atoms with van der Waals surface area (Å²) in [5.74, 6) is 0.803. The van der Waals surface area contributed by atoms with Crippen LogP contribution < -0.4 is 10.5 Å². The molecule has 2 rings (SSSR count). The van der Waals surface area contributed by atoms with Crippen molar-refractivity contribution in [2.75, 3.05) is 6.61 Å². The average Bonchev–Trinajstić information content (AvgIpc) is 2.99. The number of rotatable bonds is 5. The van der Waals surface area contributed by atoms with Gasteiger partial charge in [0.1, 0.15) is 5.75 Å². The molecule has 1 saturated carbocycles. The fourth-order valence-corrected chi connectivity index (χ4v) is 2.11. The van der Waals surface area contributed by atoms with Gasteiger partial charge in [0.2, 0.25) is 0 Å². The Balaban J connectivity index is 1.98. The molecule has 1 aliphatic carbocycles. The summed E-state index contributed by atoms with van der Waals surface area (Å²) in [5, 5.41) is 8.47. The van der Waals surface area contributed by atoms with Gasteiger partial charge in [-0.25, -0.2) is 0 Å². The van der Waals surface area contributed by atoms with Crippen LogP contribution in [-0.4, -0.2) is 12.4 Å². The lowest BCUT2D eigenvalue weighted by Gasteiger charge is -2.16. The second-order valence-corrected chi connectivity index (χ2v) is 5.41. The lowest BCUT2D eigenvalue weighted by molar-refractivity contribution is 0.238. The predicted molar refractivity (Wildman–Crippen MR) is 70.2 cm³/mol. The van der Waals surface area contributed by atoms with Crippen LogP contribution >= 0.6 is 23.2 Å². The second-order valence-electron chi connectivity index (χ2n) is 4.57. The van der Waals surface area contributed by atoms with Gasteiger partial charge in [-0.2, -0.15) is 0 Å². The van der Waals surface area contributed by atoms with Crippen molar-refractivity contribution >= 4 is 29.0 Å². The van der Waals surface area contributed by atoms with E-state index in [0.29, 0.717) is 28.8 Å². The van der Waals surface area contributed by atoms with Gasteiger partial charge in [-0.1, -0.05) is 23.2 Å². The minimum atomic E-state index is 0.0392. The highest BCUT2D eigenvalue weighted by Crippen LogP contribution is 2.49. The van der Waals surface area contributed by atoms with Gasteiger partial charge in [0.15, 0.2) is 0 Å². The van der Waals surface area contributed by atoms with E-state index in [1.807, 2.05) is 0 Å². The Kier molecular flexibility index (Phi) is 3.50. The lowest BCUT2D eigenvalue weighted by atomic mass is 10.0. The topological polar surface area (TPSA) is 59.1 Å². The van der Waals surface area contributed by atoms with Crippen LogP contribution in [0.5, 0.6) is 5.75 Å². The summed E-state index contributed by atoms with van der Waals surface area (Å²) in [5.41, 5.74) is 5.46.